The highest BCUT2D eigenvalue weighted by molar-refractivity contribution is 7.15. The zero-order valence-corrected chi connectivity index (χ0v) is 12.7. The number of benzene rings is 1. The normalized spacial score (nSPS) is 10.0. The summed E-state index contributed by atoms with van der Waals surface area (Å²) in [7, 11) is 1.55. The Morgan fingerprint density at radius 3 is 2.24 bits per heavy atom. The SMILES string of the molecule is COc1ccc(NC(=O)C(=O)Nc2nc(C)c(C)s2)cc1. The van der Waals surface area contributed by atoms with Gasteiger partial charge in [-0.2, -0.15) is 0 Å². The molecule has 0 aliphatic rings. The Hall–Kier alpha value is -2.41. The van der Waals surface area contributed by atoms with Crippen molar-refractivity contribution in [2.75, 3.05) is 17.7 Å². The topological polar surface area (TPSA) is 80.3 Å². The molecule has 1 aromatic carbocycles. The van der Waals surface area contributed by atoms with Gasteiger partial charge in [0.25, 0.3) is 0 Å². The van der Waals surface area contributed by atoms with E-state index in [-0.39, 0.29) is 0 Å². The first-order chi connectivity index (χ1) is 9.99. The van der Waals surface area contributed by atoms with E-state index in [9.17, 15) is 9.59 Å². The van der Waals surface area contributed by atoms with Crippen molar-refractivity contribution in [2.24, 2.45) is 0 Å². The van der Waals surface area contributed by atoms with E-state index in [2.05, 4.69) is 15.6 Å². The fourth-order valence-corrected chi connectivity index (χ4v) is 2.35. The largest absolute Gasteiger partial charge is 0.497 e. The van der Waals surface area contributed by atoms with Crippen LogP contribution >= 0.6 is 11.3 Å². The molecule has 2 aromatic rings. The molecule has 0 saturated carbocycles. The maximum absolute atomic E-state index is 11.8. The summed E-state index contributed by atoms with van der Waals surface area (Å²) in [5.41, 5.74) is 1.35. The van der Waals surface area contributed by atoms with Gasteiger partial charge in [0.05, 0.1) is 12.8 Å². The number of nitrogens with zero attached hydrogens (tertiary/aromatic N) is 1. The number of methoxy groups -OCH3 is 1. The van der Waals surface area contributed by atoms with Crippen molar-refractivity contribution in [3.63, 3.8) is 0 Å². The van der Waals surface area contributed by atoms with Crippen molar-refractivity contribution in [2.45, 2.75) is 13.8 Å². The molecule has 0 aliphatic heterocycles. The zero-order valence-electron chi connectivity index (χ0n) is 11.9. The van der Waals surface area contributed by atoms with Crippen LogP contribution in [0, 0.1) is 13.8 Å². The maximum atomic E-state index is 11.8. The van der Waals surface area contributed by atoms with Crippen molar-refractivity contribution in [1.29, 1.82) is 0 Å². The lowest BCUT2D eigenvalue weighted by atomic mass is 10.3. The summed E-state index contributed by atoms with van der Waals surface area (Å²) in [6, 6.07) is 6.70. The van der Waals surface area contributed by atoms with Gasteiger partial charge in [-0.1, -0.05) is 0 Å². The smallest absolute Gasteiger partial charge is 0.315 e. The zero-order chi connectivity index (χ0) is 15.4. The molecule has 0 bridgehead atoms. The molecule has 21 heavy (non-hydrogen) atoms. The van der Waals surface area contributed by atoms with Crippen LogP contribution in [0.5, 0.6) is 5.75 Å². The number of anilines is 2. The predicted octanol–water partition coefficient (Wildman–Crippen LogP) is 2.35. The molecular formula is C14H15N3O3S. The molecule has 1 aromatic heterocycles. The first-order valence-corrected chi connectivity index (χ1v) is 7.01. The summed E-state index contributed by atoms with van der Waals surface area (Å²) in [4.78, 5) is 28.7. The molecule has 2 amide bonds. The summed E-state index contributed by atoms with van der Waals surface area (Å²) in [6.07, 6.45) is 0. The van der Waals surface area contributed by atoms with Crippen LogP contribution in [0.1, 0.15) is 10.6 Å². The second-order valence-corrected chi connectivity index (χ2v) is 5.50. The lowest BCUT2D eigenvalue weighted by Crippen LogP contribution is -2.29. The molecule has 0 aliphatic carbocycles. The van der Waals surface area contributed by atoms with Gasteiger partial charge in [0.2, 0.25) is 0 Å². The molecule has 0 unspecified atom stereocenters. The molecule has 0 saturated heterocycles. The second-order valence-electron chi connectivity index (χ2n) is 4.30. The van der Waals surface area contributed by atoms with Crippen LogP contribution in [0.3, 0.4) is 0 Å². The number of aromatic nitrogens is 1. The molecule has 0 radical (unpaired) electrons. The van der Waals surface area contributed by atoms with Gasteiger partial charge in [0.1, 0.15) is 5.75 Å². The molecule has 0 atom stereocenters. The molecule has 2 rings (SSSR count). The van der Waals surface area contributed by atoms with Gasteiger partial charge in [0, 0.05) is 10.6 Å². The number of ether oxygens (including phenoxy) is 1. The maximum Gasteiger partial charge on any atom is 0.315 e. The Morgan fingerprint density at radius 2 is 1.71 bits per heavy atom. The van der Waals surface area contributed by atoms with Crippen LogP contribution in [0.15, 0.2) is 24.3 Å². The Bertz CT molecular complexity index is 645. The molecule has 0 fully saturated rings. The predicted molar refractivity (Wildman–Crippen MR) is 81.8 cm³/mol. The number of rotatable bonds is 3. The first kappa shape index (κ1) is 15.0. The molecule has 110 valence electrons. The van der Waals surface area contributed by atoms with Gasteiger partial charge in [-0.3, -0.25) is 14.9 Å². The monoisotopic (exact) mass is 305 g/mol. The number of carbonyl (C=O) groups is 2. The lowest BCUT2D eigenvalue weighted by Gasteiger charge is -2.05. The molecule has 7 heteroatoms. The van der Waals surface area contributed by atoms with Gasteiger partial charge < -0.3 is 10.1 Å². The molecule has 2 N–H and O–H groups in total. The number of aryl methyl sites for hydroxylation is 2. The van der Waals surface area contributed by atoms with Crippen LogP contribution in [-0.2, 0) is 9.59 Å². The number of hydrogen-bond acceptors (Lipinski definition) is 5. The minimum Gasteiger partial charge on any atom is -0.497 e. The van der Waals surface area contributed by atoms with E-state index in [0.29, 0.717) is 16.6 Å². The number of amides is 2. The van der Waals surface area contributed by atoms with Gasteiger partial charge in [0.15, 0.2) is 5.13 Å². The summed E-state index contributed by atoms with van der Waals surface area (Å²) in [5.74, 6) is -0.823. The summed E-state index contributed by atoms with van der Waals surface area (Å²) in [6.45, 7) is 3.75. The first-order valence-electron chi connectivity index (χ1n) is 6.20. The van der Waals surface area contributed by atoms with E-state index in [1.807, 2.05) is 13.8 Å². The highest BCUT2D eigenvalue weighted by Gasteiger charge is 2.16. The van der Waals surface area contributed by atoms with Gasteiger partial charge in [-0.25, -0.2) is 4.98 Å². The molecule has 0 spiro atoms. The van der Waals surface area contributed by atoms with E-state index < -0.39 is 11.8 Å². The third-order valence-electron chi connectivity index (χ3n) is 2.80. The van der Waals surface area contributed by atoms with Crippen LogP contribution in [0.4, 0.5) is 10.8 Å². The Kier molecular flexibility index (Phi) is 4.54. The number of hydrogen-bond donors (Lipinski definition) is 2. The van der Waals surface area contributed by atoms with Gasteiger partial charge in [-0.05, 0) is 38.1 Å². The van der Waals surface area contributed by atoms with E-state index >= 15 is 0 Å². The van der Waals surface area contributed by atoms with E-state index in [1.54, 1.807) is 31.4 Å². The fraction of sp³-hybridized carbons (Fsp3) is 0.214. The van der Waals surface area contributed by atoms with E-state index in [4.69, 9.17) is 4.74 Å². The van der Waals surface area contributed by atoms with Crippen LogP contribution in [0.2, 0.25) is 0 Å². The number of nitrogens with one attached hydrogen (secondary N) is 2. The average Bonchev–Trinajstić information content (AvgIpc) is 2.78. The summed E-state index contributed by atoms with van der Waals surface area (Å²) >= 11 is 1.33. The second kappa shape index (κ2) is 6.36. The fourth-order valence-electron chi connectivity index (χ4n) is 1.54. The molecule has 6 nitrogen and oxygen atoms in total. The van der Waals surface area contributed by atoms with Crippen molar-refractivity contribution in [1.82, 2.24) is 4.98 Å². The molecule has 1 heterocycles. The standard InChI is InChI=1S/C14H15N3O3S/c1-8-9(2)21-14(15-8)17-13(19)12(18)16-10-4-6-11(20-3)7-5-10/h4-7H,1-3H3,(H,16,18)(H,15,17,19). The Morgan fingerprint density at radius 1 is 1.10 bits per heavy atom. The van der Waals surface area contributed by atoms with Gasteiger partial charge >= 0.3 is 11.8 Å². The van der Waals surface area contributed by atoms with Crippen LogP contribution < -0.4 is 15.4 Å². The van der Waals surface area contributed by atoms with Crippen molar-refractivity contribution in [3.8, 4) is 5.75 Å². The van der Waals surface area contributed by atoms with Crippen molar-refractivity contribution in [3.05, 3.63) is 34.8 Å². The lowest BCUT2D eigenvalue weighted by molar-refractivity contribution is -0.132. The summed E-state index contributed by atoms with van der Waals surface area (Å²) < 4.78 is 5.02. The van der Waals surface area contributed by atoms with Gasteiger partial charge in [-0.15, -0.1) is 11.3 Å². The average molecular weight is 305 g/mol. The van der Waals surface area contributed by atoms with Crippen LogP contribution in [-0.4, -0.2) is 23.9 Å². The van der Waals surface area contributed by atoms with Crippen LogP contribution in [0.25, 0.3) is 0 Å². The third kappa shape index (κ3) is 3.79. The molecular weight excluding hydrogens is 290 g/mol. The highest BCUT2D eigenvalue weighted by Crippen LogP contribution is 2.21. The minimum atomic E-state index is -0.750. The quantitative estimate of drug-likeness (QED) is 0.853. The summed E-state index contributed by atoms with van der Waals surface area (Å²) in [5, 5.41) is 5.40. The number of thiazole rings is 1. The number of carbonyl (C=O) groups excluding carboxylic acids is 2. The minimum absolute atomic E-state index is 0.417. The Balaban J connectivity index is 1.97. The van der Waals surface area contributed by atoms with E-state index in [1.165, 1.54) is 11.3 Å². The highest BCUT2D eigenvalue weighted by atomic mass is 32.1. The van der Waals surface area contributed by atoms with E-state index in [0.717, 1.165) is 10.6 Å². The van der Waals surface area contributed by atoms with Crippen molar-refractivity contribution >= 4 is 34.0 Å². The van der Waals surface area contributed by atoms with Crippen molar-refractivity contribution < 1.29 is 14.3 Å². The Labute approximate surface area is 126 Å². The third-order valence-corrected chi connectivity index (χ3v) is 3.79.